The van der Waals surface area contributed by atoms with Crippen molar-refractivity contribution in [2.45, 2.75) is 0 Å². The first-order chi connectivity index (χ1) is 9.02. The second-order valence-corrected chi connectivity index (χ2v) is 3.85. The zero-order valence-electron chi connectivity index (χ0n) is 10.4. The molecule has 0 bridgehead atoms. The fourth-order valence-corrected chi connectivity index (χ4v) is 1.46. The van der Waals surface area contributed by atoms with Gasteiger partial charge < -0.3 is 5.73 Å². The Bertz CT molecular complexity index is 744. The van der Waals surface area contributed by atoms with Crippen LogP contribution >= 0.6 is 0 Å². The molecule has 2 N–H and O–H groups in total. The number of hydrogen-bond acceptors (Lipinski definition) is 6. The summed E-state index contributed by atoms with van der Waals surface area (Å²) in [6.07, 6.45) is 3.09. The summed E-state index contributed by atoms with van der Waals surface area (Å²) in [4.78, 5) is 27.4. The van der Waals surface area contributed by atoms with Crippen LogP contribution in [0.2, 0.25) is 0 Å². The van der Waals surface area contributed by atoms with Crippen molar-refractivity contribution in [2.75, 3.05) is 5.73 Å². The molecule has 2 aromatic heterocycles. The van der Waals surface area contributed by atoms with Crippen LogP contribution in [0.5, 0.6) is 0 Å². The van der Waals surface area contributed by atoms with Gasteiger partial charge in [0.15, 0.2) is 5.69 Å². The molecule has 8 heteroatoms. The summed E-state index contributed by atoms with van der Waals surface area (Å²) >= 11 is 0. The van der Waals surface area contributed by atoms with Gasteiger partial charge in [-0.25, -0.2) is 4.79 Å². The molecular formula is C11H12N6O2. The van der Waals surface area contributed by atoms with Crippen LogP contribution in [0.15, 0.2) is 44.3 Å². The number of pyridine rings is 1. The Morgan fingerprint density at radius 3 is 2.58 bits per heavy atom. The molecule has 2 rings (SSSR count). The van der Waals surface area contributed by atoms with Gasteiger partial charge in [-0.15, -0.1) is 10.2 Å². The molecule has 98 valence electrons. The van der Waals surface area contributed by atoms with Crippen LogP contribution in [-0.2, 0) is 14.1 Å². The fourth-order valence-electron chi connectivity index (χ4n) is 1.46. The van der Waals surface area contributed by atoms with Gasteiger partial charge >= 0.3 is 5.69 Å². The lowest BCUT2D eigenvalue weighted by Crippen LogP contribution is -2.37. The highest BCUT2D eigenvalue weighted by Crippen LogP contribution is 2.17. The highest BCUT2D eigenvalue weighted by Gasteiger charge is 2.12. The molecule has 8 nitrogen and oxygen atoms in total. The van der Waals surface area contributed by atoms with Crippen LogP contribution in [0.25, 0.3) is 0 Å². The maximum Gasteiger partial charge on any atom is 0.332 e. The van der Waals surface area contributed by atoms with Gasteiger partial charge in [0.2, 0.25) is 0 Å². The standard InChI is InChI=1S/C11H12N6O2/c1-16-9(12)8(10(18)17(2)11(16)19)15-14-7-4-3-5-13-6-7/h3-6H,12H2,1-2H3. The monoisotopic (exact) mass is 260 g/mol. The first-order valence-electron chi connectivity index (χ1n) is 5.39. The minimum absolute atomic E-state index is 0.0271. The van der Waals surface area contributed by atoms with E-state index in [-0.39, 0.29) is 11.5 Å². The first kappa shape index (κ1) is 12.7. The number of nitrogen functional groups attached to an aromatic ring is 1. The van der Waals surface area contributed by atoms with Gasteiger partial charge in [0.05, 0.1) is 6.20 Å². The lowest BCUT2D eigenvalue weighted by Gasteiger charge is -2.07. The molecule has 0 saturated heterocycles. The van der Waals surface area contributed by atoms with Crippen LogP contribution < -0.4 is 17.0 Å². The third kappa shape index (κ3) is 2.28. The van der Waals surface area contributed by atoms with Crippen LogP contribution in [0.4, 0.5) is 17.2 Å². The van der Waals surface area contributed by atoms with Crippen LogP contribution in [0, 0.1) is 0 Å². The summed E-state index contributed by atoms with van der Waals surface area (Å²) in [5.41, 5.74) is 5.01. The Balaban J connectivity index is 2.56. The van der Waals surface area contributed by atoms with E-state index in [4.69, 9.17) is 5.73 Å². The van der Waals surface area contributed by atoms with Crippen molar-refractivity contribution in [3.8, 4) is 0 Å². The van der Waals surface area contributed by atoms with E-state index in [1.807, 2.05) is 0 Å². The molecule has 0 aliphatic carbocycles. The van der Waals surface area contributed by atoms with Gasteiger partial charge in [-0.2, -0.15) is 0 Å². The molecule has 0 aliphatic rings. The quantitative estimate of drug-likeness (QED) is 0.792. The second-order valence-electron chi connectivity index (χ2n) is 3.85. The normalized spacial score (nSPS) is 11.1. The average Bonchev–Trinajstić information content (AvgIpc) is 2.44. The predicted molar refractivity (Wildman–Crippen MR) is 69.7 cm³/mol. The van der Waals surface area contributed by atoms with Gasteiger partial charge in [-0.3, -0.25) is 18.9 Å². The zero-order chi connectivity index (χ0) is 14.0. The van der Waals surface area contributed by atoms with Crippen molar-refractivity contribution >= 4 is 17.2 Å². The average molecular weight is 260 g/mol. The zero-order valence-corrected chi connectivity index (χ0v) is 10.4. The molecule has 2 aromatic rings. The maximum absolute atomic E-state index is 11.9. The summed E-state index contributed by atoms with van der Waals surface area (Å²) in [6.45, 7) is 0. The number of rotatable bonds is 2. The van der Waals surface area contributed by atoms with E-state index in [9.17, 15) is 9.59 Å². The number of azo groups is 1. The summed E-state index contributed by atoms with van der Waals surface area (Å²) in [5.74, 6) is -0.0271. The van der Waals surface area contributed by atoms with Crippen molar-refractivity contribution in [1.29, 1.82) is 0 Å². The van der Waals surface area contributed by atoms with Crippen LogP contribution in [0.3, 0.4) is 0 Å². The number of nitrogens with two attached hydrogens (primary N) is 1. The Kier molecular flexibility index (Phi) is 3.23. The largest absolute Gasteiger partial charge is 0.383 e. The molecule has 0 saturated carbocycles. The Labute approximate surface area is 107 Å². The summed E-state index contributed by atoms with van der Waals surface area (Å²) in [5, 5.41) is 7.67. The van der Waals surface area contributed by atoms with Gasteiger partial charge in [0, 0.05) is 20.3 Å². The smallest absolute Gasteiger partial charge is 0.332 e. The predicted octanol–water partition coefficient (Wildman–Crippen LogP) is 0.477. The van der Waals surface area contributed by atoms with Crippen molar-refractivity contribution < 1.29 is 0 Å². The van der Waals surface area contributed by atoms with E-state index < -0.39 is 11.2 Å². The summed E-state index contributed by atoms with van der Waals surface area (Å²) in [6, 6.07) is 3.37. The number of hydrogen-bond donors (Lipinski definition) is 1. The van der Waals surface area contributed by atoms with Gasteiger partial charge in [-0.05, 0) is 12.1 Å². The molecule has 2 heterocycles. The molecule has 0 fully saturated rings. The van der Waals surface area contributed by atoms with Crippen molar-refractivity contribution in [1.82, 2.24) is 14.1 Å². The molecule has 0 spiro atoms. The molecule has 0 amide bonds. The third-order valence-electron chi connectivity index (χ3n) is 2.60. The van der Waals surface area contributed by atoms with Gasteiger partial charge in [0.25, 0.3) is 5.56 Å². The lowest BCUT2D eigenvalue weighted by atomic mass is 10.4. The van der Waals surface area contributed by atoms with Gasteiger partial charge in [-0.1, -0.05) is 0 Å². The molecular weight excluding hydrogens is 248 g/mol. The van der Waals surface area contributed by atoms with Crippen LogP contribution in [-0.4, -0.2) is 14.1 Å². The first-order valence-corrected chi connectivity index (χ1v) is 5.39. The Morgan fingerprint density at radius 2 is 1.95 bits per heavy atom. The number of anilines is 1. The SMILES string of the molecule is Cn1c(N)c(N=Nc2cccnc2)c(=O)n(C)c1=O. The molecule has 0 radical (unpaired) electrons. The van der Waals surface area contributed by atoms with Crippen molar-refractivity contribution in [3.63, 3.8) is 0 Å². The fraction of sp³-hybridized carbons (Fsp3) is 0.182. The molecule has 0 unspecified atom stereocenters. The van der Waals surface area contributed by atoms with E-state index >= 15 is 0 Å². The minimum Gasteiger partial charge on any atom is -0.383 e. The maximum atomic E-state index is 11.9. The molecule has 19 heavy (non-hydrogen) atoms. The minimum atomic E-state index is -0.590. The summed E-state index contributed by atoms with van der Waals surface area (Å²) < 4.78 is 2.06. The third-order valence-corrected chi connectivity index (χ3v) is 2.60. The summed E-state index contributed by atoms with van der Waals surface area (Å²) in [7, 11) is 2.81. The highest BCUT2D eigenvalue weighted by atomic mass is 16.2. The van der Waals surface area contributed by atoms with E-state index in [1.165, 1.54) is 20.3 Å². The van der Waals surface area contributed by atoms with E-state index in [2.05, 4.69) is 15.2 Å². The van der Waals surface area contributed by atoms with Crippen LogP contribution in [0.1, 0.15) is 0 Å². The Morgan fingerprint density at radius 1 is 1.21 bits per heavy atom. The second kappa shape index (κ2) is 4.84. The van der Waals surface area contributed by atoms with Crippen molar-refractivity contribution in [2.24, 2.45) is 24.3 Å². The number of aromatic nitrogens is 3. The van der Waals surface area contributed by atoms with Gasteiger partial charge in [0.1, 0.15) is 11.5 Å². The highest BCUT2D eigenvalue weighted by molar-refractivity contribution is 5.55. The Hall–Kier alpha value is -2.77. The number of nitrogens with zero attached hydrogens (tertiary/aromatic N) is 5. The molecule has 0 aromatic carbocycles. The van der Waals surface area contributed by atoms with E-state index in [1.54, 1.807) is 18.3 Å². The van der Waals surface area contributed by atoms with Crippen molar-refractivity contribution in [3.05, 3.63) is 45.4 Å². The molecule has 0 aliphatic heterocycles. The topological polar surface area (TPSA) is 108 Å². The van der Waals surface area contributed by atoms with E-state index in [0.717, 1.165) is 9.13 Å². The molecule has 0 atom stereocenters. The lowest BCUT2D eigenvalue weighted by molar-refractivity contribution is 0.694. The van der Waals surface area contributed by atoms with E-state index in [0.29, 0.717) is 5.69 Å².